The lowest BCUT2D eigenvalue weighted by molar-refractivity contribution is -0.384. The molecular formula is C13H24N4O2S. The molecule has 1 heterocycles. The summed E-state index contributed by atoms with van der Waals surface area (Å²) in [6, 6.07) is 0. The number of anilines is 1. The van der Waals surface area contributed by atoms with Crippen molar-refractivity contribution >= 4 is 23.3 Å². The fraction of sp³-hybridized carbons (Fsp3) is 0.769. The summed E-state index contributed by atoms with van der Waals surface area (Å²) < 4.78 is 1.72. The number of nitrogens with zero attached hydrogens (tertiary/aromatic N) is 3. The number of rotatable bonds is 10. The second-order valence-electron chi connectivity index (χ2n) is 4.74. The van der Waals surface area contributed by atoms with Gasteiger partial charge in [-0.05, 0) is 38.2 Å². The molecule has 0 aromatic carbocycles. The fourth-order valence-corrected chi connectivity index (χ4v) is 2.59. The highest BCUT2D eigenvalue weighted by molar-refractivity contribution is 7.98. The van der Waals surface area contributed by atoms with Crippen LogP contribution in [0, 0.1) is 17.0 Å². The van der Waals surface area contributed by atoms with Gasteiger partial charge >= 0.3 is 5.69 Å². The van der Waals surface area contributed by atoms with Crippen LogP contribution < -0.4 is 5.32 Å². The Kier molecular flexibility index (Phi) is 7.43. The van der Waals surface area contributed by atoms with Crippen LogP contribution in [0.25, 0.3) is 0 Å². The van der Waals surface area contributed by atoms with Crippen molar-refractivity contribution in [1.29, 1.82) is 0 Å². The van der Waals surface area contributed by atoms with Crippen LogP contribution in [0.1, 0.15) is 38.3 Å². The van der Waals surface area contributed by atoms with E-state index in [-0.39, 0.29) is 10.6 Å². The molecule has 0 radical (unpaired) electrons. The number of hydrogen-bond acceptors (Lipinski definition) is 5. The Morgan fingerprint density at radius 2 is 2.15 bits per heavy atom. The van der Waals surface area contributed by atoms with Crippen LogP contribution in [0.3, 0.4) is 0 Å². The van der Waals surface area contributed by atoms with Gasteiger partial charge in [-0.15, -0.1) is 0 Å². The highest BCUT2D eigenvalue weighted by Crippen LogP contribution is 2.28. The monoisotopic (exact) mass is 300 g/mol. The third kappa shape index (κ3) is 4.70. The van der Waals surface area contributed by atoms with E-state index in [9.17, 15) is 10.1 Å². The molecule has 1 aromatic heterocycles. The summed E-state index contributed by atoms with van der Waals surface area (Å²) in [5, 5.41) is 18.6. The third-order valence-electron chi connectivity index (χ3n) is 3.03. The predicted octanol–water partition coefficient (Wildman–Crippen LogP) is 3.45. The average Bonchev–Trinajstić information content (AvgIpc) is 2.70. The summed E-state index contributed by atoms with van der Waals surface area (Å²) in [4.78, 5) is 10.8. The van der Waals surface area contributed by atoms with Crippen LogP contribution in [-0.4, -0.2) is 33.3 Å². The van der Waals surface area contributed by atoms with Crippen LogP contribution in [0.5, 0.6) is 0 Å². The fourth-order valence-electron chi connectivity index (χ4n) is 2.09. The first-order chi connectivity index (χ1) is 9.61. The molecule has 0 spiro atoms. The molecule has 0 atom stereocenters. The molecule has 114 valence electrons. The van der Waals surface area contributed by atoms with Crippen molar-refractivity contribution in [1.82, 2.24) is 9.78 Å². The Morgan fingerprint density at radius 1 is 1.40 bits per heavy atom. The number of aromatic nitrogens is 2. The zero-order valence-corrected chi connectivity index (χ0v) is 13.3. The minimum Gasteiger partial charge on any atom is -0.365 e. The van der Waals surface area contributed by atoms with Crippen LogP contribution in [0.15, 0.2) is 0 Å². The number of nitro groups is 1. The van der Waals surface area contributed by atoms with Crippen LogP contribution in [0.2, 0.25) is 0 Å². The van der Waals surface area contributed by atoms with Gasteiger partial charge in [-0.1, -0.05) is 13.3 Å². The molecule has 1 aromatic rings. The zero-order chi connectivity index (χ0) is 15.0. The van der Waals surface area contributed by atoms with Crippen molar-refractivity contribution in [3.05, 3.63) is 15.8 Å². The number of nitrogens with one attached hydrogen (secondary N) is 1. The number of hydrogen-bond donors (Lipinski definition) is 1. The molecule has 0 aliphatic carbocycles. The average molecular weight is 300 g/mol. The molecule has 0 aliphatic rings. The largest absolute Gasteiger partial charge is 0.365 e. The second kappa shape index (κ2) is 8.84. The Morgan fingerprint density at radius 3 is 2.75 bits per heavy atom. The quantitative estimate of drug-likeness (QED) is 0.407. The highest BCUT2D eigenvalue weighted by atomic mass is 32.2. The molecule has 0 saturated carbocycles. The van der Waals surface area contributed by atoms with Gasteiger partial charge in [-0.2, -0.15) is 16.9 Å². The first-order valence-corrected chi connectivity index (χ1v) is 8.45. The molecule has 20 heavy (non-hydrogen) atoms. The molecule has 0 saturated heterocycles. The number of unbranched alkanes of at least 4 members (excludes halogenated alkanes) is 2. The lowest BCUT2D eigenvalue weighted by Gasteiger charge is -2.08. The van der Waals surface area contributed by atoms with E-state index in [1.165, 1.54) is 12.2 Å². The van der Waals surface area contributed by atoms with Gasteiger partial charge in [0.2, 0.25) is 5.82 Å². The Bertz CT molecular complexity index is 434. The topological polar surface area (TPSA) is 73.0 Å². The minimum atomic E-state index is -0.343. The van der Waals surface area contributed by atoms with E-state index in [1.807, 2.05) is 18.7 Å². The summed E-state index contributed by atoms with van der Waals surface area (Å²) in [6.45, 7) is 5.18. The van der Waals surface area contributed by atoms with Gasteiger partial charge in [0.15, 0.2) is 0 Å². The van der Waals surface area contributed by atoms with E-state index in [0.29, 0.717) is 18.1 Å². The van der Waals surface area contributed by atoms with Crippen LogP contribution in [-0.2, 0) is 6.54 Å². The molecular weight excluding hydrogens is 276 g/mol. The third-order valence-corrected chi connectivity index (χ3v) is 3.73. The van der Waals surface area contributed by atoms with Gasteiger partial charge in [0.1, 0.15) is 5.69 Å². The van der Waals surface area contributed by atoms with Gasteiger partial charge in [-0.25, -0.2) is 4.68 Å². The summed E-state index contributed by atoms with van der Waals surface area (Å²) >= 11 is 1.85. The molecule has 0 amide bonds. The molecule has 0 aliphatic heterocycles. The van der Waals surface area contributed by atoms with Crippen LogP contribution in [0.4, 0.5) is 11.5 Å². The Balaban J connectivity index is 2.63. The molecule has 0 unspecified atom stereocenters. The van der Waals surface area contributed by atoms with Crippen molar-refractivity contribution in [2.24, 2.45) is 0 Å². The normalized spacial score (nSPS) is 10.8. The van der Waals surface area contributed by atoms with E-state index in [2.05, 4.69) is 16.7 Å². The van der Waals surface area contributed by atoms with E-state index < -0.39 is 0 Å². The van der Waals surface area contributed by atoms with Crippen molar-refractivity contribution in [2.75, 3.05) is 23.9 Å². The lowest BCUT2D eigenvalue weighted by Crippen LogP contribution is -2.10. The first-order valence-electron chi connectivity index (χ1n) is 7.06. The zero-order valence-electron chi connectivity index (χ0n) is 12.5. The van der Waals surface area contributed by atoms with Gasteiger partial charge in [0, 0.05) is 13.1 Å². The van der Waals surface area contributed by atoms with Crippen molar-refractivity contribution in [2.45, 2.75) is 46.1 Å². The minimum absolute atomic E-state index is 0.113. The maximum Gasteiger partial charge on any atom is 0.333 e. The Labute approximate surface area is 124 Å². The maximum absolute atomic E-state index is 11.1. The van der Waals surface area contributed by atoms with E-state index >= 15 is 0 Å². The molecule has 7 heteroatoms. The molecule has 6 nitrogen and oxygen atoms in total. The van der Waals surface area contributed by atoms with E-state index in [1.54, 1.807) is 11.6 Å². The molecule has 0 fully saturated rings. The highest BCUT2D eigenvalue weighted by Gasteiger charge is 2.24. The van der Waals surface area contributed by atoms with Crippen molar-refractivity contribution in [3.63, 3.8) is 0 Å². The summed E-state index contributed by atoms with van der Waals surface area (Å²) in [7, 11) is 0. The molecule has 1 rings (SSSR count). The van der Waals surface area contributed by atoms with E-state index in [4.69, 9.17) is 0 Å². The van der Waals surface area contributed by atoms with Gasteiger partial charge in [0.25, 0.3) is 0 Å². The first kappa shape index (κ1) is 16.8. The van der Waals surface area contributed by atoms with Gasteiger partial charge in [0.05, 0.1) is 4.92 Å². The van der Waals surface area contributed by atoms with E-state index in [0.717, 1.165) is 25.8 Å². The molecule has 0 bridgehead atoms. The summed E-state index contributed by atoms with van der Waals surface area (Å²) in [5.41, 5.74) is 0.593. The number of thioether (sulfide) groups is 1. The molecule has 1 N–H and O–H groups in total. The summed E-state index contributed by atoms with van der Waals surface area (Å²) in [6.07, 6.45) is 6.36. The smallest absolute Gasteiger partial charge is 0.333 e. The SMILES string of the molecule is CCCn1nc(C)c([N+](=O)[O-])c1NCCCCCSC. The number of aryl methyl sites for hydroxylation is 2. The van der Waals surface area contributed by atoms with Crippen LogP contribution >= 0.6 is 11.8 Å². The van der Waals surface area contributed by atoms with Gasteiger partial charge in [-0.3, -0.25) is 10.1 Å². The standard InChI is InChI=1S/C13H24N4O2S/c1-4-9-16-13(12(17(18)19)11(2)15-16)14-8-6-5-7-10-20-3/h14H,4-10H2,1-3H3. The Hall–Kier alpha value is -1.24. The maximum atomic E-state index is 11.1. The van der Waals surface area contributed by atoms with Crippen molar-refractivity contribution < 1.29 is 4.92 Å². The lowest BCUT2D eigenvalue weighted by atomic mass is 10.2. The second-order valence-corrected chi connectivity index (χ2v) is 5.73. The van der Waals surface area contributed by atoms with Gasteiger partial charge < -0.3 is 5.32 Å². The predicted molar refractivity (Wildman–Crippen MR) is 84.6 cm³/mol. The van der Waals surface area contributed by atoms with Crippen molar-refractivity contribution in [3.8, 4) is 0 Å². The summed E-state index contributed by atoms with van der Waals surface area (Å²) in [5.74, 6) is 1.73.